The lowest BCUT2D eigenvalue weighted by molar-refractivity contribution is 0.269. The Morgan fingerprint density at radius 1 is 1.30 bits per heavy atom. The highest BCUT2D eigenvalue weighted by atomic mass is 79.9. The number of thioether (sulfide) groups is 1. The van der Waals surface area contributed by atoms with Crippen LogP contribution in [0.5, 0.6) is 0 Å². The molecule has 20 heavy (non-hydrogen) atoms. The minimum Gasteiger partial charge on any atom is -0.310 e. The summed E-state index contributed by atoms with van der Waals surface area (Å²) in [5.74, 6) is 1.17. The number of nitrogens with zero attached hydrogens (tertiary/aromatic N) is 1. The summed E-state index contributed by atoms with van der Waals surface area (Å²) in [4.78, 5) is 2.41. The number of nitrogens with one attached hydrogen (secondary N) is 1. The molecule has 114 valence electrons. The van der Waals surface area contributed by atoms with Crippen LogP contribution in [0, 0.1) is 0 Å². The third-order valence-electron chi connectivity index (χ3n) is 3.41. The molecule has 0 fully saturated rings. The van der Waals surface area contributed by atoms with Gasteiger partial charge >= 0.3 is 0 Å². The maximum atomic E-state index is 3.71. The monoisotopic (exact) mass is 358 g/mol. The van der Waals surface area contributed by atoms with Crippen molar-refractivity contribution in [3.63, 3.8) is 0 Å². The van der Waals surface area contributed by atoms with Crippen molar-refractivity contribution in [3.05, 3.63) is 33.8 Å². The number of halogens is 1. The molecule has 1 N–H and O–H groups in total. The summed E-state index contributed by atoms with van der Waals surface area (Å²) in [5, 5.41) is 3.45. The second-order valence-corrected chi connectivity index (χ2v) is 7.45. The molecule has 0 aromatic heterocycles. The Morgan fingerprint density at radius 2 is 2.00 bits per heavy atom. The molecular weight excluding hydrogens is 332 g/mol. The first-order valence-corrected chi connectivity index (χ1v) is 9.32. The van der Waals surface area contributed by atoms with Crippen molar-refractivity contribution in [3.8, 4) is 0 Å². The van der Waals surface area contributed by atoms with Gasteiger partial charge in [-0.3, -0.25) is 4.90 Å². The lowest BCUT2D eigenvalue weighted by Gasteiger charge is -2.24. The van der Waals surface area contributed by atoms with E-state index >= 15 is 0 Å². The molecule has 1 aromatic carbocycles. The van der Waals surface area contributed by atoms with Gasteiger partial charge in [-0.05, 0) is 37.4 Å². The van der Waals surface area contributed by atoms with E-state index in [0.717, 1.165) is 13.1 Å². The lowest BCUT2D eigenvalue weighted by Crippen LogP contribution is -2.30. The fourth-order valence-corrected chi connectivity index (χ4v) is 3.23. The summed E-state index contributed by atoms with van der Waals surface area (Å²) in [6.07, 6.45) is 2.16. The molecule has 1 atom stereocenters. The second-order valence-electron chi connectivity index (χ2n) is 5.68. The summed E-state index contributed by atoms with van der Waals surface area (Å²) in [6.45, 7) is 8.54. The van der Waals surface area contributed by atoms with Crippen LogP contribution in [-0.4, -0.2) is 36.0 Å². The molecule has 1 aromatic rings. The van der Waals surface area contributed by atoms with Crippen molar-refractivity contribution in [1.82, 2.24) is 10.2 Å². The van der Waals surface area contributed by atoms with Crippen LogP contribution in [0.3, 0.4) is 0 Å². The van der Waals surface area contributed by atoms with E-state index in [-0.39, 0.29) is 0 Å². The third-order valence-corrected chi connectivity index (χ3v) is 4.97. The van der Waals surface area contributed by atoms with Crippen LogP contribution in [-0.2, 0) is 13.1 Å². The Morgan fingerprint density at radius 3 is 2.55 bits per heavy atom. The predicted octanol–water partition coefficient (Wildman–Crippen LogP) is 4.13. The van der Waals surface area contributed by atoms with E-state index in [1.807, 2.05) is 11.8 Å². The standard InChI is InChI=1S/C16H27BrN2S/c1-12(2)18-9-14-6-7-15(16(17)8-14)10-19(4)13(3)11-20-5/h6-8,12-13,18H,9-11H2,1-5H3. The molecule has 1 unspecified atom stereocenters. The van der Waals surface area contributed by atoms with E-state index in [4.69, 9.17) is 0 Å². The number of hydrogen-bond acceptors (Lipinski definition) is 3. The largest absolute Gasteiger partial charge is 0.310 e. The fourth-order valence-electron chi connectivity index (χ4n) is 1.94. The van der Waals surface area contributed by atoms with Gasteiger partial charge in [-0.15, -0.1) is 0 Å². The van der Waals surface area contributed by atoms with Gasteiger partial charge < -0.3 is 5.32 Å². The average molecular weight is 359 g/mol. The van der Waals surface area contributed by atoms with Crippen LogP contribution in [0.4, 0.5) is 0 Å². The first kappa shape index (κ1) is 18.0. The molecule has 0 heterocycles. The van der Waals surface area contributed by atoms with Crippen molar-refractivity contribution in [2.45, 2.75) is 45.9 Å². The molecule has 2 nitrogen and oxygen atoms in total. The van der Waals surface area contributed by atoms with Gasteiger partial charge in [-0.2, -0.15) is 11.8 Å². The van der Waals surface area contributed by atoms with E-state index in [1.54, 1.807) is 0 Å². The lowest BCUT2D eigenvalue weighted by atomic mass is 10.1. The Balaban J connectivity index is 2.63. The van der Waals surface area contributed by atoms with Crippen molar-refractivity contribution < 1.29 is 0 Å². The van der Waals surface area contributed by atoms with Crippen LogP contribution < -0.4 is 5.32 Å². The van der Waals surface area contributed by atoms with Gasteiger partial charge in [0.2, 0.25) is 0 Å². The molecule has 1 rings (SSSR count). The zero-order valence-electron chi connectivity index (χ0n) is 13.2. The van der Waals surface area contributed by atoms with Crippen LogP contribution >= 0.6 is 27.7 Å². The number of rotatable bonds is 8. The Bertz CT molecular complexity index is 409. The van der Waals surface area contributed by atoms with Crippen LogP contribution in [0.25, 0.3) is 0 Å². The van der Waals surface area contributed by atoms with Crippen LogP contribution in [0.15, 0.2) is 22.7 Å². The van der Waals surface area contributed by atoms with Gasteiger partial charge in [0.25, 0.3) is 0 Å². The normalized spacial score (nSPS) is 13.2. The summed E-state index contributed by atoms with van der Waals surface area (Å²) >= 11 is 5.61. The number of hydrogen-bond donors (Lipinski definition) is 1. The smallest absolute Gasteiger partial charge is 0.0245 e. The average Bonchev–Trinajstić information content (AvgIpc) is 2.39. The van der Waals surface area contributed by atoms with E-state index in [9.17, 15) is 0 Å². The molecule has 0 radical (unpaired) electrons. The summed E-state index contributed by atoms with van der Waals surface area (Å²) in [7, 11) is 2.20. The highest BCUT2D eigenvalue weighted by Crippen LogP contribution is 2.21. The fraction of sp³-hybridized carbons (Fsp3) is 0.625. The minimum atomic E-state index is 0.520. The first-order valence-electron chi connectivity index (χ1n) is 7.14. The third kappa shape index (κ3) is 6.17. The van der Waals surface area contributed by atoms with Gasteiger partial charge in [0.05, 0.1) is 0 Å². The van der Waals surface area contributed by atoms with E-state index < -0.39 is 0 Å². The number of benzene rings is 1. The summed E-state index contributed by atoms with van der Waals surface area (Å²) < 4.78 is 1.21. The summed E-state index contributed by atoms with van der Waals surface area (Å²) in [5.41, 5.74) is 2.68. The zero-order valence-corrected chi connectivity index (χ0v) is 15.6. The van der Waals surface area contributed by atoms with Gasteiger partial charge in [0.15, 0.2) is 0 Å². The molecule has 0 bridgehead atoms. The molecule has 0 aliphatic carbocycles. The van der Waals surface area contributed by atoms with Crippen molar-refractivity contribution >= 4 is 27.7 Å². The van der Waals surface area contributed by atoms with Crippen molar-refractivity contribution in [2.75, 3.05) is 19.1 Å². The highest BCUT2D eigenvalue weighted by Gasteiger charge is 2.11. The van der Waals surface area contributed by atoms with E-state index in [2.05, 4.69) is 78.4 Å². The molecule has 0 aliphatic heterocycles. The SMILES string of the molecule is CSCC(C)N(C)Cc1ccc(CNC(C)C)cc1Br. The molecule has 0 aliphatic rings. The Kier molecular flexibility index (Phi) is 8.18. The van der Waals surface area contributed by atoms with Crippen LogP contribution in [0.2, 0.25) is 0 Å². The minimum absolute atomic E-state index is 0.520. The molecular formula is C16H27BrN2S. The molecule has 0 spiro atoms. The Hall–Kier alpha value is -0.0300. The molecule has 0 amide bonds. The first-order chi connectivity index (χ1) is 9.43. The Labute approximate surface area is 136 Å². The topological polar surface area (TPSA) is 15.3 Å². The van der Waals surface area contributed by atoms with Crippen molar-refractivity contribution in [1.29, 1.82) is 0 Å². The van der Waals surface area contributed by atoms with Gasteiger partial charge in [0, 0.05) is 35.4 Å². The predicted molar refractivity (Wildman–Crippen MR) is 95.4 cm³/mol. The van der Waals surface area contributed by atoms with Gasteiger partial charge in [-0.1, -0.05) is 41.9 Å². The maximum Gasteiger partial charge on any atom is 0.0245 e. The van der Waals surface area contributed by atoms with E-state index in [0.29, 0.717) is 12.1 Å². The highest BCUT2D eigenvalue weighted by molar-refractivity contribution is 9.10. The van der Waals surface area contributed by atoms with E-state index in [1.165, 1.54) is 21.4 Å². The maximum absolute atomic E-state index is 3.71. The van der Waals surface area contributed by atoms with Crippen LogP contribution in [0.1, 0.15) is 31.9 Å². The van der Waals surface area contributed by atoms with Crippen molar-refractivity contribution in [2.24, 2.45) is 0 Å². The van der Waals surface area contributed by atoms with Gasteiger partial charge in [-0.25, -0.2) is 0 Å². The molecule has 0 saturated heterocycles. The summed E-state index contributed by atoms with van der Waals surface area (Å²) in [6, 6.07) is 7.82. The molecule has 0 saturated carbocycles. The second kappa shape index (κ2) is 9.08. The quantitative estimate of drug-likeness (QED) is 0.751. The zero-order chi connectivity index (χ0) is 15.1. The van der Waals surface area contributed by atoms with Gasteiger partial charge in [0.1, 0.15) is 0 Å². The molecule has 4 heteroatoms.